The first-order valence-electron chi connectivity index (χ1n) is 6.10. The van der Waals surface area contributed by atoms with Crippen molar-refractivity contribution in [2.45, 2.75) is 13.8 Å². The molecule has 0 radical (unpaired) electrons. The number of ether oxygens (including phenoxy) is 1. The normalized spacial score (nSPS) is 10.2. The molecule has 1 aromatic carbocycles. The second-order valence-electron chi connectivity index (χ2n) is 4.14. The minimum Gasteiger partial charge on any atom is -0.462 e. The van der Waals surface area contributed by atoms with Gasteiger partial charge in [0, 0.05) is 11.3 Å². The molecule has 2 rings (SSSR count). The SMILES string of the molecule is CCOC(=O)c1cc(-c2ccccc2)c(=O)[nH]c1C. The third-order valence-corrected chi connectivity index (χ3v) is 2.82. The number of nitrogens with one attached hydrogen (secondary N) is 1. The first kappa shape index (κ1) is 13.1. The number of rotatable bonds is 3. The molecule has 0 unspecified atom stereocenters. The van der Waals surface area contributed by atoms with E-state index in [1.165, 1.54) is 0 Å². The Balaban J connectivity index is 2.55. The van der Waals surface area contributed by atoms with Gasteiger partial charge in [0.25, 0.3) is 5.56 Å². The van der Waals surface area contributed by atoms with E-state index in [-0.39, 0.29) is 5.56 Å². The molecule has 0 saturated heterocycles. The molecule has 0 bridgehead atoms. The van der Waals surface area contributed by atoms with Crippen LogP contribution in [0.5, 0.6) is 0 Å². The van der Waals surface area contributed by atoms with Crippen LogP contribution in [0.4, 0.5) is 0 Å². The fourth-order valence-electron chi connectivity index (χ4n) is 1.88. The molecule has 0 aliphatic rings. The summed E-state index contributed by atoms with van der Waals surface area (Å²) >= 11 is 0. The van der Waals surface area contributed by atoms with Gasteiger partial charge in [-0.25, -0.2) is 4.79 Å². The number of carbonyl (C=O) groups excluding carboxylic acids is 1. The number of hydrogen-bond donors (Lipinski definition) is 1. The lowest BCUT2D eigenvalue weighted by molar-refractivity contribution is 0.0525. The average molecular weight is 257 g/mol. The molecule has 19 heavy (non-hydrogen) atoms. The molecule has 2 aromatic rings. The largest absolute Gasteiger partial charge is 0.462 e. The fraction of sp³-hybridized carbons (Fsp3) is 0.200. The van der Waals surface area contributed by atoms with Crippen molar-refractivity contribution in [3.05, 3.63) is 58.0 Å². The van der Waals surface area contributed by atoms with E-state index in [2.05, 4.69) is 4.98 Å². The molecule has 98 valence electrons. The van der Waals surface area contributed by atoms with Gasteiger partial charge in [0.15, 0.2) is 0 Å². The molecule has 0 amide bonds. The van der Waals surface area contributed by atoms with Crippen LogP contribution in [0.25, 0.3) is 11.1 Å². The maximum Gasteiger partial charge on any atom is 0.339 e. The fourth-order valence-corrected chi connectivity index (χ4v) is 1.88. The summed E-state index contributed by atoms with van der Waals surface area (Å²) < 4.78 is 4.98. The molecule has 0 fully saturated rings. The first-order valence-corrected chi connectivity index (χ1v) is 6.10. The molecule has 4 nitrogen and oxygen atoms in total. The van der Waals surface area contributed by atoms with Gasteiger partial charge in [-0.05, 0) is 25.5 Å². The van der Waals surface area contributed by atoms with E-state index in [0.29, 0.717) is 23.4 Å². The zero-order valence-electron chi connectivity index (χ0n) is 10.9. The molecular weight excluding hydrogens is 242 g/mol. The zero-order chi connectivity index (χ0) is 13.8. The van der Waals surface area contributed by atoms with Gasteiger partial charge in [-0.15, -0.1) is 0 Å². The maximum absolute atomic E-state index is 12.0. The van der Waals surface area contributed by atoms with Crippen LogP contribution < -0.4 is 5.56 Å². The van der Waals surface area contributed by atoms with Gasteiger partial charge < -0.3 is 9.72 Å². The quantitative estimate of drug-likeness (QED) is 0.859. The number of aromatic nitrogens is 1. The molecular formula is C15H15NO3. The van der Waals surface area contributed by atoms with Crippen LogP contribution >= 0.6 is 0 Å². The van der Waals surface area contributed by atoms with Gasteiger partial charge in [0.05, 0.1) is 12.2 Å². The monoisotopic (exact) mass is 257 g/mol. The molecule has 0 atom stereocenters. The van der Waals surface area contributed by atoms with Crippen molar-refractivity contribution in [1.82, 2.24) is 4.98 Å². The van der Waals surface area contributed by atoms with Crippen molar-refractivity contribution in [2.24, 2.45) is 0 Å². The number of pyridine rings is 1. The lowest BCUT2D eigenvalue weighted by atomic mass is 10.0. The molecule has 1 aromatic heterocycles. The van der Waals surface area contributed by atoms with Crippen LogP contribution in [-0.2, 0) is 4.74 Å². The Kier molecular flexibility index (Phi) is 3.80. The highest BCUT2D eigenvalue weighted by Gasteiger charge is 2.14. The summed E-state index contributed by atoms with van der Waals surface area (Å²) in [5.74, 6) is -0.423. The number of benzene rings is 1. The predicted octanol–water partition coefficient (Wildman–Crippen LogP) is 2.53. The summed E-state index contributed by atoms with van der Waals surface area (Å²) in [4.78, 5) is 26.5. The van der Waals surface area contributed by atoms with E-state index in [4.69, 9.17) is 4.74 Å². The summed E-state index contributed by atoms with van der Waals surface area (Å²) in [5, 5.41) is 0. The molecule has 4 heteroatoms. The van der Waals surface area contributed by atoms with Crippen molar-refractivity contribution < 1.29 is 9.53 Å². The van der Waals surface area contributed by atoms with E-state index >= 15 is 0 Å². The first-order chi connectivity index (χ1) is 9.13. The van der Waals surface area contributed by atoms with Crippen molar-refractivity contribution >= 4 is 5.97 Å². The van der Waals surface area contributed by atoms with Crippen LogP contribution in [0.1, 0.15) is 23.0 Å². The molecule has 1 N–H and O–H groups in total. The van der Waals surface area contributed by atoms with Gasteiger partial charge >= 0.3 is 5.97 Å². The molecule has 0 saturated carbocycles. The minimum atomic E-state index is -0.423. The molecule has 0 aliphatic heterocycles. The van der Waals surface area contributed by atoms with Gasteiger partial charge in [0.2, 0.25) is 0 Å². The van der Waals surface area contributed by atoms with Crippen molar-refractivity contribution in [2.75, 3.05) is 6.61 Å². The highest BCUT2D eigenvalue weighted by atomic mass is 16.5. The summed E-state index contributed by atoms with van der Waals surface area (Å²) in [5.41, 5.74) is 1.93. The average Bonchev–Trinajstić information content (AvgIpc) is 2.40. The Morgan fingerprint density at radius 1 is 1.26 bits per heavy atom. The smallest absolute Gasteiger partial charge is 0.339 e. The van der Waals surface area contributed by atoms with Crippen LogP contribution in [0.3, 0.4) is 0 Å². The van der Waals surface area contributed by atoms with Gasteiger partial charge in [-0.2, -0.15) is 0 Å². The number of aromatic amines is 1. The Bertz CT molecular complexity index is 644. The third-order valence-electron chi connectivity index (χ3n) is 2.82. The van der Waals surface area contributed by atoms with E-state index in [0.717, 1.165) is 5.56 Å². The van der Waals surface area contributed by atoms with E-state index in [1.807, 2.05) is 30.3 Å². The van der Waals surface area contributed by atoms with Crippen molar-refractivity contribution in [3.63, 3.8) is 0 Å². The van der Waals surface area contributed by atoms with Crippen LogP contribution in [0.15, 0.2) is 41.2 Å². The number of hydrogen-bond acceptors (Lipinski definition) is 3. The van der Waals surface area contributed by atoms with E-state index in [1.54, 1.807) is 19.9 Å². The number of H-pyrrole nitrogens is 1. The Labute approximate surface area is 111 Å². The van der Waals surface area contributed by atoms with E-state index in [9.17, 15) is 9.59 Å². The summed E-state index contributed by atoms with van der Waals surface area (Å²) in [6.07, 6.45) is 0. The standard InChI is InChI=1S/C15H15NO3/c1-3-19-15(18)12-9-13(14(17)16-10(12)2)11-7-5-4-6-8-11/h4-9H,3H2,1-2H3,(H,16,17). The molecule has 0 spiro atoms. The summed E-state index contributed by atoms with van der Waals surface area (Å²) in [6.45, 7) is 3.73. The Hall–Kier alpha value is -2.36. The van der Waals surface area contributed by atoms with Crippen molar-refractivity contribution in [3.8, 4) is 11.1 Å². The van der Waals surface area contributed by atoms with Gasteiger partial charge in [-0.3, -0.25) is 4.79 Å². The Morgan fingerprint density at radius 2 is 1.95 bits per heavy atom. The third kappa shape index (κ3) is 2.73. The maximum atomic E-state index is 12.0. The predicted molar refractivity (Wildman–Crippen MR) is 73.2 cm³/mol. The topological polar surface area (TPSA) is 59.2 Å². The zero-order valence-corrected chi connectivity index (χ0v) is 10.9. The number of aryl methyl sites for hydroxylation is 1. The summed E-state index contributed by atoms with van der Waals surface area (Å²) in [7, 11) is 0. The van der Waals surface area contributed by atoms with Crippen LogP contribution in [0.2, 0.25) is 0 Å². The molecule has 1 heterocycles. The van der Waals surface area contributed by atoms with Crippen LogP contribution in [-0.4, -0.2) is 17.6 Å². The highest BCUT2D eigenvalue weighted by Crippen LogP contribution is 2.17. The Morgan fingerprint density at radius 3 is 2.58 bits per heavy atom. The van der Waals surface area contributed by atoms with Gasteiger partial charge in [-0.1, -0.05) is 30.3 Å². The van der Waals surface area contributed by atoms with Gasteiger partial charge in [0.1, 0.15) is 0 Å². The molecule has 0 aliphatic carbocycles. The lowest BCUT2D eigenvalue weighted by Crippen LogP contribution is -2.16. The summed E-state index contributed by atoms with van der Waals surface area (Å²) in [6, 6.07) is 10.8. The highest BCUT2D eigenvalue weighted by molar-refractivity contribution is 5.92. The second-order valence-corrected chi connectivity index (χ2v) is 4.14. The lowest BCUT2D eigenvalue weighted by Gasteiger charge is -2.08. The van der Waals surface area contributed by atoms with Crippen LogP contribution in [0, 0.1) is 6.92 Å². The second kappa shape index (κ2) is 5.52. The van der Waals surface area contributed by atoms with E-state index < -0.39 is 5.97 Å². The number of carbonyl (C=O) groups is 1. The number of esters is 1. The minimum absolute atomic E-state index is 0.211. The van der Waals surface area contributed by atoms with Crippen molar-refractivity contribution in [1.29, 1.82) is 0 Å².